The van der Waals surface area contributed by atoms with Gasteiger partial charge in [-0.25, -0.2) is 4.68 Å². The highest BCUT2D eigenvalue weighted by Crippen LogP contribution is 2.68. The number of amides is 2. The van der Waals surface area contributed by atoms with Crippen LogP contribution in [0.2, 0.25) is 0 Å². The minimum Gasteiger partial charge on any atom is -0.465 e. The number of likely N-dealkylation sites (tertiary alicyclic amines) is 1. The molecule has 0 saturated carbocycles. The molecule has 3 fully saturated rings. The van der Waals surface area contributed by atoms with E-state index < -0.39 is 28.6 Å². The molecule has 2 amide bonds. The fraction of sp³-hybridized carbons (Fsp3) is 0.519. The SMILES string of the molecule is C=CCCOC(=O)[C@@H]1[C@@H]2CC(C)C3(S2)C(C(=O)N(CC=C)Cn2nnc4ccccc42)N(CCO)C(=O)[C@H]13. The third-order valence-electron chi connectivity index (χ3n) is 8.04. The van der Waals surface area contributed by atoms with Crippen LogP contribution in [-0.2, 0) is 25.8 Å². The molecule has 1 aromatic heterocycles. The third-order valence-corrected chi connectivity index (χ3v) is 10.1. The molecular weight excluding hydrogens is 506 g/mol. The Morgan fingerprint density at radius 1 is 1.32 bits per heavy atom. The average Bonchev–Trinajstić information content (AvgIpc) is 3.62. The van der Waals surface area contributed by atoms with Crippen molar-refractivity contribution < 1.29 is 24.2 Å². The van der Waals surface area contributed by atoms with Crippen molar-refractivity contribution in [1.29, 1.82) is 0 Å². The highest BCUT2D eigenvalue weighted by molar-refractivity contribution is 8.02. The minimum atomic E-state index is -0.835. The Morgan fingerprint density at radius 2 is 2.11 bits per heavy atom. The van der Waals surface area contributed by atoms with Crippen LogP contribution in [0.15, 0.2) is 49.6 Å². The van der Waals surface area contributed by atoms with Crippen molar-refractivity contribution in [2.24, 2.45) is 17.8 Å². The molecule has 6 atom stereocenters. The van der Waals surface area contributed by atoms with Crippen LogP contribution in [-0.4, -0.2) is 90.0 Å². The van der Waals surface area contributed by atoms with Gasteiger partial charge in [0.1, 0.15) is 18.2 Å². The quantitative estimate of drug-likeness (QED) is 0.261. The number of aliphatic hydroxyl groups excluding tert-OH is 1. The summed E-state index contributed by atoms with van der Waals surface area (Å²) in [6.45, 7) is 9.85. The van der Waals surface area contributed by atoms with Crippen LogP contribution >= 0.6 is 11.8 Å². The average molecular weight is 540 g/mol. The van der Waals surface area contributed by atoms with Gasteiger partial charge in [0, 0.05) is 18.3 Å². The van der Waals surface area contributed by atoms with Crippen LogP contribution < -0.4 is 0 Å². The summed E-state index contributed by atoms with van der Waals surface area (Å²) < 4.78 is 6.39. The van der Waals surface area contributed by atoms with E-state index in [1.54, 1.807) is 33.5 Å². The van der Waals surface area contributed by atoms with Gasteiger partial charge in [-0.2, -0.15) is 0 Å². The highest BCUT2D eigenvalue weighted by atomic mass is 32.2. The molecule has 0 aliphatic carbocycles. The molecule has 4 heterocycles. The van der Waals surface area contributed by atoms with Gasteiger partial charge in [0.15, 0.2) is 0 Å². The molecular formula is C27H33N5O5S. The van der Waals surface area contributed by atoms with Crippen molar-refractivity contribution in [2.45, 2.75) is 42.5 Å². The molecule has 5 rings (SSSR count). The van der Waals surface area contributed by atoms with E-state index in [0.29, 0.717) is 18.4 Å². The highest BCUT2D eigenvalue weighted by Gasteiger charge is 2.76. The van der Waals surface area contributed by atoms with Gasteiger partial charge >= 0.3 is 5.97 Å². The van der Waals surface area contributed by atoms with E-state index in [9.17, 15) is 19.5 Å². The number of aliphatic hydroxyl groups is 1. The van der Waals surface area contributed by atoms with Crippen molar-refractivity contribution in [3.05, 3.63) is 49.6 Å². The topological polar surface area (TPSA) is 118 Å². The molecule has 1 spiro atoms. The van der Waals surface area contributed by atoms with E-state index >= 15 is 0 Å². The second-order valence-corrected chi connectivity index (χ2v) is 11.7. The maximum absolute atomic E-state index is 14.4. The summed E-state index contributed by atoms with van der Waals surface area (Å²) in [5.74, 6) is -2.22. The Bertz CT molecular complexity index is 1270. The number of aromatic nitrogens is 3. The number of carbonyl (C=O) groups excluding carboxylic acids is 3. The van der Waals surface area contributed by atoms with E-state index in [2.05, 4.69) is 30.4 Å². The Labute approximate surface area is 225 Å². The van der Waals surface area contributed by atoms with E-state index in [1.165, 1.54) is 4.90 Å². The van der Waals surface area contributed by atoms with Crippen LogP contribution in [0, 0.1) is 17.8 Å². The molecule has 10 nitrogen and oxygen atoms in total. The molecule has 2 bridgehead atoms. The van der Waals surface area contributed by atoms with Crippen LogP contribution in [0.3, 0.4) is 0 Å². The smallest absolute Gasteiger partial charge is 0.310 e. The number of hydrogen-bond donors (Lipinski definition) is 1. The van der Waals surface area contributed by atoms with Crippen LogP contribution in [0.1, 0.15) is 19.8 Å². The zero-order valence-corrected chi connectivity index (χ0v) is 22.3. The largest absolute Gasteiger partial charge is 0.465 e. The molecule has 3 unspecified atom stereocenters. The lowest BCUT2D eigenvalue weighted by Gasteiger charge is -2.40. The van der Waals surface area contributed by atoms with Crippen molar-refractivity contribution in [3.63, 3.8) is 0 Å². The van der Waals surface area contributed by atoms with Gasteiger partial charge < -0.3 is 19.6 Å². The van der Waals surface area contributed by atoms with Crippen molar-refractivity contribution in [3.8, 4) is 0 Å². The number of ether oxygens (including phenoxy) is 1. The number of esters is 1. The van der Waals surface area contributed by atoms with E-state index in [4.69, 9.17) is 4.74 Å². The lowest BCUT2D eigenvalue weighted by atomic mass is 9.66. The number of benzene rings is 1. The standard InChI is InChI=1S/C27H33N5O5S/c1-4-6-14-37-26(36)21-20-15-17(3)27(38-20)22(21)24(34)31(12-13-33)23(27)25(35)30(11-5-2)16-32-19-10-8-7-9-18(19)28-29-32/h4-5,7-10,17,20-23,33H,1-2,6,11-16H2,3H3/t17?,20-,21+,22-,23?,27?/m0/s1. The molecule has 3 aliphatic heterocycles. The zero-order valence-electron chi connectivity index (χ0n) is 21.4. The normalized spacial score (nSPS) is 29.5. The van der Waals surface area contributed by atoms with Gasteiger partial charge in [0.25, 0.3) is 0 Å². The number of β-amino-alcohol motifs (C(OH)–C–C–N with tert-alkyl or cyclic N) is 1. The Kier molecular flexibility index (Phi) is 7.32. The number of para-hydroxylation sites is 1. The lowest BCUT2D eigenvalue weighted by Crippen LogP contribution is -2.57. The van der Waals surface area contributed by atoms with Crippen molar-refractivity contribution in [2.75, 3.05) is 26.3 Å². The van der Waals surface area contributed by atoms with Gasteiger partial charge in [-0.3, -0.25) is 14.4 Å². The Balaban J connectivity index is 1.50. The predicted octanol–water partition coefficient (Wildman–Crippen LogP) is 1.85. The van der Waals surface area contributed by atoms with Crippen molar-refractivity contribution in [1.82, 2.24) is 24.8 Å². The number of nitrogens with zero attached hydrogens (tertiary/aromatic N) is 5. The first-order valence-electron chi connectivity index (χ1n) is 12.9. The molecule has 2 aromatic rings. The van der Waals surface area contributed by atoms with E-state index in [-0.39, 0.29) is 56.0 Å². The van der Waals surface area contributed by atoms with Crippen molar-refractivity contribution >= 4 is 40.6 Å². The maximum atomic E-state index is 14.4. The van der Waals surface area contributed by atoms with Gasteiger partial charge in [-0.15, -0.1) is 30.0 Å². The third kappa shape index (κ3) is 4.03. The second kappa shape index (κ2) is 10.5. The number of hydrogen-bond acceptors (Lipinski definition) is 8. The summed E-state index contributed by atoms with van der Waals surface area (Å²) in [5.41, 5.74) is 1.50. The molecule has 1 aromatic carbocycles. The fourth-order valence-electron chi connectivity index (χ4n) is 6.48. The molecule has 38 heavy (non-hydrogen) atoms. The lowest BCUT2D eigenvalue weighted by molar-refractivity contribution is -0.154. The number of fused-ring (bicyclic) bond motifs is 2. The van der Waals surface area contributed by atoms with E-state index in [0.717, 1.165) is 5.52 Å². The number of rotatable bonds is 11. The molecule has 3 saturated heterocycles. The minimum absolute atomic E-state index is 0.0118. The van der Waals surface area contributed by atoms with Gasteiger partial charge in [-0.1, -0.05) is 36.4 Å². The van der Waals surface area contributed by atoms with E-state index in [1.807, 2.05) is 24.3 Å². The summed E-state index contributed by atoms with van der Waals surface area (Å²) in [6.07, 6.45) is 4.56. The fourth-order valence-corrected chi connectivity index (χ4v) is 8.89. The monoisotopic (exact) mass is 539 g/mol. The van der Waals surface area contributed by atoms with Gasteiger partial charge in [-0.05, 0) is 30.9 Å². The predicted molar refractivity (Wildman–Crippen MR) is 143 cm³/mol. The Morgan fingerprint density at radius 3 is 2.84 bits per heavy atom. The van der Waals surface area contributed by atoms with Crippen LogP contribution in [0.5, 0.6) is 0 Å². The summed E-state index contributed by atoms with van der Waals surface area (Å²) in [6, 6.07) is 6.66. The number of carbonyl (C=O) groups is 3. The van der Waals surface area contributed by atoms with Crippen LogP contribution in [0.4, 0.5) is 0 Å². The molecule has 0 radical (unpaired) electrons. The Hall–Kier alpha value is -3.18. The summed E-state index contributed by atoms with van der Waals surface area (Å²) in [5, 5.41) is 18.2. The maximum Gasteiger partial charge on any atom is 0.310 e. The summed E-state index contributed by atoms with van der Waals surface area (Å²) >= 11 is 1.58. The molecule has 1 N–H and O–H groups in total. The van der Waals surface area contributed by atoms with Gasteiger partial charge in [0.05, 0.1) is 35.3 Å². The summed E-state index contributed by atoms with van der Waals surface area (Å²) in [4.78, 5) is 44.6. The number of thioether (sulfide) groups is 1. The first kappa shape index (κ1) is 26.4. The first-order valence-corrected chi connectivity index (χ1v) is 13.8. The summed E-state index contributed by atoms with van der Waals surface area (Å²) in [7, 11) is 0. The van der Waals surface area contributed by atoms with Crippen LogP contribution in [0.25, 0.3) is 11.0 Å². The first-order chi connectivity index (χ1) is 18.4. The molecule has 11 heteroatoms. The molecule has 3 aliphatic rings. The zero-order chi connectivity index (χ0) is 27.0. The van der Waals surface area contributed by atoms with Gasteiger partial charge in [0.2, 0.25) is 11.8 Å². The molecule has 202 valence electrons. The second-order valence-electron chi connectivity index (χ2n) is 10.1.